The van der Waals surface area contributed by atoms with Crippen LogP contribution in [0.5, 0.6) is 0 Å². The molecule has 1 aromatic rings. The standard InChI is InChI=1S/C14H22BrNO2S/c1-10-9-13(5-6-14(10)15)12(3)16-11(2)7-8-19(4,17)18/h5-6,9,11-12,16H,7-8H2,1-4H3. The predicted octanol–water partition coefficient (Wildman–Crippen LogP) is 3.23. The maximum Gasteiger partial charge on any atom is 0.147 e. The van der Waals surface area contributed by atoms with Crippen molar-refractivity contribution in [2.75, 3.05) is 12.0 Å². The van der Waals surface area contributed by atoms with Gasteiger partial charge >= 0.3 is 0 Å². The largest absolute Gasteiger partial charge is 0.308 e. The van der Waals surface area contributed by atoms with E-state index in [1.165, 1.54) is 17.4 Å². The van der Waals surface area contributed by atoms with Crippen LogP contribution < -0.4 is 5.32 Å². The first kappa shape index (κ1) is 16.7. The summed E-state index contributed by atoms with van der Waals surface area (Å²) in [6.45, 7) is 6.18. The quantitative estimate of drug-likeness (QED) is 0.859. The summed E-state index contributed by atoms with van der Waals surface area (Å²) in [5.74, 6) is 0.229. The van der Waals surface area contributed by atoms with E-state index in [0.29, 0.717) is 6.42 Å². The first-order valence-electron chi connectivity index (χ1n) is 6.39. The molecular formula is C14H22BrNO2S. The van der Waals surface area contributed by atoms with Crippen LogP contribution in [0, 0.1) is 6.92 Å². The summed E-state index contributed by atoms with van der Waals surface area (Å²) in [4.78, 5) is 0. The van der Waals surface area contributed by atoms with Gasteiger partial charge in [-0.1, -0.05) is 28.1 Å². The van der Waals surface area contributed by atoms with E-state index < -0.39 is 9.84 Å². The molecule has 0 bridgehead atoms. The predicted molar refractivity (Wildman–Crippen MR) is 84.2 cm³/mol. The molecule has 0 amide bonds. The molecule has 0 saturated heterocycles. The van der Waals surface area contributed by atoms with Crippen LogP contribution in [0.25, 0.3) is 0 Å². The van der Waals surface area contributed by atoms with Crippen LogP contribution in [0.4, 0.5) is 0 Å². The summed E-state index contributed by atoms with van der Waals surface area (Å²) in [5, 5.41) is 3.44. The van der Waals surface area contributed by atoms with Crippen LogP contribution >= 0.6 is 15.9 Å². The van der Waals surface area contributed by atoms with Crippen LogP contribution in [0.2, 0.25) is 0 Å². The zero-order valence-corrected chi connectivity index (χ0v) is 14.3. The van der Waals surface area contributed by atoms with Gasteiger partial charge in [-0.2, -0.15) is 0 Å². The van der Waals surface area contributed by atoms with Crippen LogP contribution in [0.3, 0.4) is 0 Å². The molecule has 1 N–H and O–H groups in total. The van der Waals surface area contributed by atoms with Crippen molar-refractivity contribution in [2.45, 2.75) is 39.3 Å². The molecule has 1 aromatic carbocycles. The third kappa shape index (κ3) is 6.06. The zero-order chi connectivity index (χ0) is 14.6. The van der Waals surface area contributed by atoms with Gasteiger partial charge in [0.25, 0.3) is 0 Å². The Balaban J connectivity index is 2.58. The van der Waals surface area contributed by atoms with Crippen LogP contribution in [0.15, 0.2) is 22.7 Å². The fraction of sp³-hybridized carbons (Fsp3) is 0.571. The van der Waals surface area contributed by atoms with Crippen LogP contribution in [0.1, 0.15) is 37.4 Å². The summed E-state index contributed by atoms with van der Waals surface area (Å²) in [6.07, 6.45) is 1.92. The molecule has 0 heterocycles. The van der Waals surface area contributed by atoms with Gasteiger partial charge in [0.1, 0.15) is 9.84 Å². The normalized spacial score (nSPS) is 15.2. The molecule has 0 saturated carbocycles. The van der Waals surface area contributed by atoms with E-state index in [0.717, 1.165) is 4.47 Å². The lowest BCUT2D eigenvalue weighted by Crippen LogP contribution is -2.30. The summed E-state index contributed by atoms with van der Waals surface area (Å²) < 4.78 is 23.4. The third-order valence-corrected chi connectivity index (χ3v) is 5.01. The van der Waals surface area contributed by atoms with Crippen molar-refractivity contribution >= 4 is 25.8 Å². The van der Waals surface area contributed by atoms with Crippen molar-refractivity contribution in [3.05, 3.63) is 33.8 Å². The second-order valence-electron chi connectivity index (χ2n) is 5.22. The number of benzene rings is 1. The highest BCUT2D eigenvalue weighted by Gasteiger charge is 2.12. The van der Waals surface area contributed by atoms with Gasteiger partial charge in [0, 0.05) is 22.8 Å². The minimum Gasteiger partial charge on any atom is -0.308 e. The monoisotopic (exact) mass is 347 g/mol. The summed E-state index contributed by atoms with van der Waals surface area (Å²) in [5.41, 5.74) is 2.42. The molecule has 19 heavy (non-hydrogen) atoms. The Morgan fingerprint density at radius 3 is 2.47 bits per heavy atom. The fourth-order valence-corrected chi connectivity index (χ4v) is 2.96. The van der Waals surface area contributed by atoms with Gasteiger partial charge in [0.2, 0.25) is 0 Å². The molecule has 0 aliphatic rings. The molecule has 3 nitrogen and oxygen atoms in total. The van der Waals surface area contributed by atoms with E-state index in [4.69, 9.17) is 0 Å². The molecule has 1 rings (SSSR count). The van der Waals surface area contributed by atoms with Gasteiger partial charge in [0.15, 0.2) is 0 Å². The molecule has 108 valence electrons. The lowest BCUT2D eigenvalue weighted by Gasteiger charge is -2.20. The van der Waals surface area contributed by atoms with Crippen LogP contribution in [-0.2, 0) is 9.84 Å². The fourth-order valence-electron chi connectivity index (χ4n) is 1.93. The van der Waals surface area contributed by atoms with E-state index >= 15 is 0 Å². The zero-order valence-electron chi connectivity index (χ0n) is 11.9. The number of hydrogen-bond donors (Lipinski definition) is 1. The smallest absolute Gasteiger partial charge is 0.147 e. The Morgan fingerprint density at radius 2 is 1.95 bits per heavy atom. The van der Waals surface area contributed by atoms with Gasteiger partial charge < -0.3 is 5.32 Å². The number of rotatable bonds is 6. The van der Waals surface area contributed by atoms with Crippen molar-refractivity contribution < 1.29 is 8.42 Å². The molecule has 0 aliphatic carbocycles. The van der Waals surface area contributed by atoms with Gasteiger partial charge in [-0.25, -0.2) is 8.42 Å². The van der Waals surface area contributed by atoms with Crippen molar-refractivity contribution in [3.63, 3.8) is 0 Å². The molecule has 0 spiro atoms. The van der Waals surface area contributed by atoms with E-state index in [1.54, 1.807) is 0 Å². The number of hydrogen-bond acceptors (Lipinski definition) is 3. The van der Waals surface area contributed by atoms with Gasteiger partial charge in [-0.3, -0.25) is 0 Å². The first-order valence-corrected chi connectivity index (χ1v) is 9.24. The first-order chi connectivity index (χ1) is 8.69. The van der Waals surface area contributed by atoms with Crippen molar-refractivity contribution in [2.24, 2.45) is 0 Å². The van der Waals surface area contributed by atoms with Crippen molar-refractivity contribution in [1.82, 2.24) is 5.32 Å². The Morgan fingerprint density at radius 1 is 1.32 bits per heavy atom. The highest BCUT2D eigenvalue weighted by molar-refractivity contribution is 9.10. The maximum atomic E-state index is 11.1. The summed E-state index contributed by atoms with van der Waals surface area (Å²) in [6, 6.07) is 6.66. The second-order valence-corrected chi connectivity index (χ2v) is 8.33. The Kier molecular flexibility index (Phi) is 6.02. The molecule has 2 atom stereocenters. The third-order valence-electron chi connectivity index (χ3n) is 3.14. The topological polar surface area (TPSA) is 46.2 Å². The minimum absolute atomic E-state index is 0.175. The van der Waals surface area contributed by atoms with E-state index in [-0.39, 0.29) is 17.8 Å². The van der Waals surface area contributed by atoms with Crippen LogP contribution in [-0.4, -0.2) is 26.5 Å². The second kappa shape index (κ2) is 6.86. The van der Waals surface area contributed by atoms with E-state index in [2.05, 4.69) is 47.2 Å². The molecule has 0 radical (unpaired) electrons. The summed E-state index contributed by atoms with van der Waals surface area (Å²) >= 11 is 3.49. The molecule has 5 heteroatoms. The Labute approximate surface area is 124 Å². The molecule has 0 aliphatic heterocycles. The highest BCUT2D eigenvalue weighted by atomic mass is 79.9. The molecule has 0 fully saturated rings. The maximum absolute atomic E-state index is 11.1. The van der Waals surface area contributed by atoms with E-state index in [1.807, 2.05) is 13.0 Å². The lowest BCUT2D eigenvalue weighted by atomic mass is 10.0. The number of nitrogens with one attached hydrogen (secondary N) is 1. The number of aryl methyl sites for hydroxylation is 1. The molecule has 0 aromatic heterocycles. The Hall–Kier alpha value is -0.390. The number of halogens is 1. The number of sulfone groups is 1. The van der Waals surface area contributed by atoms with Gasteiger partial charge in [-0.05, 0) is 44.4 Å². The average Bonchev–Trinajstić information content (AvgIpc) is 2.29. The summed E-state index contributed by atoms with van der Waals surface area (Å²) in [7, 11) is -2.88. The highest BCUT2D eigenvalue weighted by Crippen LogP contribution is 2.21. The molecule has 2 unspecified atom stereocenters. The van der Waals surface area contributed by atoms with Gasteiger partial charge in [0.05, 0.1) is 5.75 Å². The Bertz CT molecular complexity index is 528. The van der Waals surface area contributed by atoms with Crippen molar-refractivity contribution in [1.29, 1.82) is 0 Å². The van der Waals surface area contributed by atoms with Crippen molar-refractivity contribution in [3.8, 4) is 0 Å². The SMILES string of the molecule is Cc1cc(C(C)NC(C)CCS(C)(=O)=O)ccc1Br. The van der Waals surface area contributed by atoms with Gasteiger partial charge in [-0.15, -0.1) is 0 Å². The average molecular weight is 348 g/mol. The lowest BCUT2D eigenvalue weighted by molar-refractivity contribution is 0.468. The van der Waals surface area contributed by atoms with E-state index in [9.17, 15) is 8.42 Å². The minimum atomic E-state index is -2.88. The molecular weight excluding hydrogens is 326 g/mol.